The van der Waals surface area contributed by atoms with Crippen LogP contribution in [-0.4, -0.2) is 0 Å². The average molecular weight is 553 g/mol. The standard InChI is InChI=1S/2C14H11O.2ClH.Zr/c2*1-10-6-9-14(15-10)13-8-7-11-4-2-3-5-12(11)13;;;/h2*2-9H,1H3;2*1H;/q;;;;+2/p-2. The maximum absolute atomic E-state index is 7.96. The van der Waals surface area contributed by atoms with Gasteiger partial charge in [0, 0.05) is 0 Å². The van der Waals surface area contributed by atoms with Gasteiger partial charge >= 0.3 is 206 Å². The summed E-state index contributed by atoms with van der Waals surface area (Å²) in [5.74, 6) is 3.26. The molecule has 0 saturated heterocycles. The van der Waals surface area contributed by atoms with Gasteiger partial charge in [-0.15, -0.1) is 0 Å². The quantitative estimate of drug-likeness (QED) is 0.255. The minimum atomic E-state index is -4.57. The number of rotatable bonds is 4. The Hall–Kier alpha value is -2.06. The fraction of sp³-hybridized carbons (Fsp3) is 0.143. The molecule has 2 aromatic carbocycles. The van der Waals surface area contributed by atoms with Crippen LogP contribution >= 0.6 is 17.0 Å². The summed E-state index contributed by atoms with van der Waals surface area (Å²) in [5.41, 5.74) is 4.44. The first kappa shape index (κ1) is 21.5. The van der Waals surface area contributed by atoms with Crippen molar-refractivity contribution < 1.29 is 26.7 Å². The van der Waals surface area contributed by atoms with Crippen LogP contribution in [-0.2, 0) is 24.1 Å². The number of halogens is 2. The summed E-state index contributed by atoms with van der Waals surface area (Å²) >= 11 is -4.57. The molecule has 0 radical (unpaired) electrons. The fourth-order valence-electron chi connectivity index (χ4n) is 5.50. The number of benzene rings is 2. The van der Waals surface area contributed by atoms with Crippen LogP contribution in [0.1, 0.15) is 45.3 Å². The van der Waals surface area contributed by atoms with E-state index in [1.54, 1.807) is 0 Å². The Bertz CT molecular complexity index is 1340. The molecule has 2 aliphatic carbocycles. The number of fused-ring (bicyclic) bond motifs is 2. The number of hydrogen-bond acceptors (Lipinski definition) is 2. The van der Waals surface area contributed by atoms with Crippen LogP contribution in [0.25, 0.3) is 12.2 Å². The van der Waals surface area contributed by atoms with E-state index in [1.165, 1.54) is 0 Å². The predicted octanol–water partition coefficient (Wildman–Crippen LogP) is 8.19. The molecule has 0 N–H and O–H groups in total. The van der Waals surface area contributed by atoms with Gasteiger partial charge in [-0.2, -0.15) is 0 Å². The Balaban J connectivity index is 1.72. The molecule has 2 atom stereocenters. The second-order valence-corrected chi connectivity index (χ2v) is 23.4. The average Bonchev–Trinajstić information content (AvgIpc) is 3.58. The van der Waals surface area contributed by atoms with Gasteiger partial charge in [0.2, 0.25) is 0 Å². The summed E-state index contributed by atoms with van der Waals surface area (Å²) in [7, 11) is 15.9. The zero-order valence-electron chi connectivity index (χ0n) is 18.3. The van der Waals surface area contributed by atoms with Crippen LogP contribution in [0.5, 0.6) is 0 Å². The van der Waals surface area contributed by atoms with Gasteiger partial charge in [0.15, 0.2) is 0 Å². The van der Waals surface area contributed by atoms with E-state index in [0.717, 1.165) is 45.3 Å². The molecular formula is C28H22Cl2O2Zr. The van der Waals surface area contributed by atoms with Gasteiger partial charge in [0.05, 0.1) is 0 Å². The second-order valence-electron chi connectivity index (χ2n) is 8.85. The molecule has 164 valence electrons. The third-order valence-electron chi connectivity index (χ3n) is 7.05. The van der Waals surface area contributed by atoms with Crippen molar-refractivity contribution >= 4 is 29.2 Å². The van der Waals surface area contributed by atoms with Crippen molar-refractivity contribution in [3.05, 3.63) is 130 Å². The molecule has 0 amide bonds. The molecule has 2 nitrogen and oxygen atoms in total. The number of furan rings is 2. The monoisotopic (exact) mass is 550 g/mol. The molecule has 33 heavy (non-hydrogen) atoms. The van der Waals surface area contributed by atoms with E-state index in [4.69, 9.17) is 25.9 Å². The summed E-state index contributed by atoms with van der Waals surface area (Å²) in [4.78, 5) is 0. The Kier molecular flexibility index (Phi) is 4.86. The summed E-state index contributed by atoms with van der Waals surface area (Å²) in [5, 5.41) is 0. The summed E-state index contributed by atoms with van der Waals surface area (Å²) in [6.45, 7) is 3.91. The molecule has 2 aliphatic rings. The number of hydrogen-bond donors (Lipinski definition) is 0. The van der Waals surface area contributed by atoms with Crippen LogP contribution in [0.15, 0.2) is 93.8 Å². The number of aryl methyl sites for hydroxylation is 2. The maximum atomic E-state index is 7.96. The zero-order valence-corrected chi connectivity index (χ0v) is 22.3. The first-order valence-corrected chi connectivity index (χ1v) is 19.8. The van der Waals surface area contributed by atoms with Crippen LogP contribution in [0, 0.1) is 13.8 Å². The Morgan fingerprint density at radius 3 is 1.42 bits per heavy atom. The van der Waals surface area contributed by atoms with E-state index in [-0.39, 0.29) is 0 Å². The second kappa shape index (κ2) is 7.47. The SMILES string of the molecule is Cc1ccc([C]2([Zr]([Cl])([Cl])[C]3(c4ccc(C)o4)C=Cc4ccccc43)C=Cc3ccccc32)o1. The van der Waals surface area contributed by atoms with E-state index in [1.807, 2.05) is 62.4 Å². The van der Waals surface area contributed by atoms with Crippen molar-refractivity contribution in [1.82, 2.24) is 0 Å². The Morgan fingerprint density at radius 1 is 0.606 bits per heavy atom. The molecule has 0 spiro atoms. The topological polar surface area (TPSA) is 26.3 Å². The van der Waals surface area contributed by atoms with Crippen LogP contribution in [0.2, 0.25) is 0 Å². The number of allylic oxidation sites excluding steroid dienone is 2. The van der Waals surface area contributed by atoms with Crippen molar-refractivity contribution in [3.8, 4) is 0 Å². The predicted molar refractivity (Wildman–Crippen MR) is 131 cm³/mol. The molecule has 5 heteroatoms. The van der Waals surface area contributed by atoms with Gasteiger partial charge in [-0.05, 0) is 0 Å². The van der Waals surface area contributed by atoms with Crippen molar-refractivity contribution in [2.45, 2.75) is 20.1 Å². The van der Waals surface area contributed by atoms with Crippen molar-refractivity contribution in [1.29, 1.82) is 0 Å². The van der Waals surface area contributed by atoms with Gasteiger partial charge in [0.25, 0.3) is 0 Å². The van der Waals surface area contributed by atoms with Crippen molar-refractivity contribution in [3.63, 3.8) is 0 Å². The first-order chi connectivity index (χ1) is 15.9. The van der Waals surface area contributed by atoms with E-state index >= 15 is 0 Å². The molecule has 0 saturated carbocycles. The summed E-state index contributed by atoms with van der Waals surface area (Å²) < 4.78 is 11.2. The van der Waals surface area contributed by atoms with Gasteiger partial charge in [0.1, 0.15) is 0 Å². The minimum absolute atomic E-state index is 0.745. The molecule has 0 aliphatic heterocycles. The van der Waals surface area contributed by atoms with E-state index in [0.29, 0.717) is 0 Å². The van der Waals surface area contributed by atoms with E-state index in [2.05, 4.69) is 48.6 Å². The third-order valence-corrected chi connectivity index (χ3v) is 22.3. The fourth-order valence-corrected chi connectivity index (χ4v) is 19.5. The summed E-state index contributed by atoms with van der Waals surface area (Å²) in [6.07, 6.45) is 8.63. The Labute approximate surface area is 205 Å². The van der Waals surface area contributed by atoms with Crippen molar-refractivity contribution in [2.24, 2.45) is 0 Å². The molecule has 6 rings (SSSR count). The third kappa shape index (κ3) is 2.77. The van der Waals surface area contributed by atoms with E-state index in [9.17, 15) is 0 Å². The summed E-state index contributed by atoms with van der Waals surface area (Å²) in [6, 6.07) is 24.7. The Morgan fingerprint density at radius 2 is 1.03 bits per heavy atom. The zero-order chi connectivity index (χ0) is 22.8. The van der Waals surface area contributed by atoms with E-state index < -0.39 is 24.1 Å². The van der Waals surface area contributed by atoms with Gasteiger partial charge in [-0.1, -0.05) is 0 Å². The molecule has 2 heterocycles. The van der Waals surface area contributed by atoms with Gasteiger partial charge < -0.3 is 0 Å². The molecular weight excluding hydrogens is 530 g/mol. The molecule has 2 unspecified atom stereocenters. The molecule has 0 bridgehead atoms. The van der Waals surface area contributed by atoms with Crippen LogP contribution in [0.4, 0.5) is 0 Å². The van der Waals surface area contributed by atoms with Crippen molar-refractivity contribution in [2.75, 3.05) is 0 Å². The first-order valence-electron chi connectivity index (χ1n) is 11.0. The normalized spacial score (nSPS) is 23.2. The molecule has 0 fully saturated rings. The van der Waals surface area contributed by atoms with Gasteiger partial charge in [-0.3, -0.25) is 0 Å². The molecule has 4 aromatic rings. The molecule has 2 aromatic heterocycles. The van der Waals surface area contributed by atoms with Crippen LogP contribution in [0.3, 0.4) is 0 Å². The van der Waals surface area contributed by atoms with Gasteiger partial charge in [-0.25, -0.2) is 0 Å². The van der Waals surface area contributed by atoms with Crippen LogP contribution < -0.4 is 0 Å².